The van der Waals surface area contributed by atoms with Crippen LogP contribution in [0.4, 0.5) is 0 Å². The van der Waals surface area contributed by atoms with Crippen LogP contribution in [0.3, 0.4) is 0 Å². The first-order valence-electron chi connectivity index (χ1n) is 11.6. The summed E-state index contributed by atoms with van der Waals surface area (Å²) in [7, 11) is 3.91. The molecule has 2 N–H and O–H groups in total. The van der Waals surface area contributed by atoms with Crippen molar-refractivity contribution >= 4 is 23.9 Å². The SMILES string of the molecule is COc1ccc2c3c1O[C@H]1c4[nH]c(C(=O)O)c(C)c4C(CC(C)C)=C4[C@@H](C2)N(C)CC[C@]431.Cl. The van der Waals surface area contributed by atoms with Gasteiger partial charge in [0.2, 0.25) is 0 Å². The summed E-state index contributed by atoms with van der Waals surface area (Å²) < 4.78 is 12.5. The van der Waals surface area contributed by atoms with Gasteiger partial charge in [-0.2, -0.15) is 0 Å². The Bertz CT molecular complexity index is 1210. The number of carboxylic acid groups (broad SMARTS) is 1. The molecular formula is C26H31ClN2O4. The highest BCUT2D eigenvalue weighted by molar-refractivity contribution is 5.93. The van der Waals surface area contributed by atoms with Gasteiger partial charge in [0, 0.05) is 17.2 Å². The molecule has 6 rings (SSSR count). The molecule has 0 radical (unpaired) electrons. The number of H-pyrrole nitrogens is 1. The van der Waals surface area contributed by atoms with Crippen LogP contribution < -0.4 is 9.47 Å². The number of allylic oxidation sites excluding steroid dienone is 1. The van der Waals surface area contributed by atoms with Crippen molar-refractivity contribution in [3.63, 3.8) is 0 Å². The van der Waals surface area contributed by atoms with E-state index < -0.39 is 5.97 Å². The number of nitrogens with zero attached hydrogens (tertiary/aromatic N) is 1. The molecule has 33 heavy (non-hydrogen) atoms. The molecule has 3 heterocycles. The molecule has 2 aromatic rings. The van der Waals surface area contributed by atoms with E-state index in [1.165, 1.54) is 22.3 Å². The standard InChI is InChI=1S/C26H30N2O4.ClH/c1-12(2)10-15-18-13(3)21(25(29)30)27-22(18)24-26-8-9-28(4)16(20(15)26)11-14-6-7-17(31-5)23(32-24)19(14)26;/h6-7,12,16,24,27H,8-11H2,1-5H3,(H,29,30);1H/t16-,24+,26-;/m1./s1. The second-order valence-electron chi connectivity index (χ2n) is 10.3. The molecule has 3 atom stereocenters. The maximum Gasteiger partial charge on any atom is 0.352 e. The number of carbonyl (C=O) groups is 1. The van der Waals surface area contributed by atoms with Gasteiger partial charge in [-0.1, -0.05) is 19.9 Å². The minimum atomic E-state index is -0.917. The zero-order valence-corrected chi connectivity index (χ0v) is 20.6. The number of hydrogen-bond acceptors (Lipinski definition) is 4. The van der Waals surface area contributed by atoms with Crippen molar-refractivity contribution in [1.29, 1.82) is 0 Å². The highest BCUT2D eigenvalue weighted by Gasteiger charge is 2.63. The minimum absolute atomic E-state index is 0. The van der Waals surface area contributed by atoms with E-state index in [4.69, 9.17) is 9.47 Å². The van der Waals surface area contributed by atoms with Crippen molar-refractivity contribution < 1.29 is 19.4 Å². The number of nitrogens with one attached hydrogen (secondary N) is 1. The highest BCUT2D eigenvalue weighted by atomic mass is 35.5. The number of fused-ring (bicyclic) bond motifs is 2. The Hall–Kier alpha value is -2.44. The summed E-state index contributed by atoms with van der Waals surface area (Å²) in [4.78, 5) is 17.9. The number of aromatic nitrogens is 1. The second-order valence-corrected chi connectivity index (χ2v) is 10.3. The van der Waals surface area contributed by atoms with E-state index in [9.17, 15) is 9.90 Å². The Kier molecular flexibility index (Phi) is 4.93. The van der Waals surface area contributed by atoms with Gasteiger partial charge in [-0.25, -0.2) is 4.79 Å². The average molecular weight is 471 g/mol. The first-order chi connectivity index (χ1) is 15.3. The van der Waals surface area contributed by atoms with Crippen LogP contribution in [-0.4, -0.2) is 47.7 Å². The molecule has 2 aliphatic carbocycles. The monoisotopic (exact) mass is 470 g/mol. The topological polar surface area (TPSA) is 74.8 Å². The number of likely N-dealkylation sites (tertiary alicyclic amines) is 1. The number of piperidine rings is 1. The minimum Gasteiger partial charge on any atom is -0.493 e. The van der Waals surface area contributed by atoms with Crippen molar-refractivity contribution in [2.24, 2.45) is 5.92 Å². The molecule has 176 valence electrons. The third kappa shape index (κ3) is 2.62. The van der Waals surface area contributed by atoms with Gasteiger partial charge in [0.05, 0.1) is 18.2 Å². The first kappa shape index (κ1) is 22.4. The van der Waals surface area contributed by atoms with E-state index >= 15 is 0 Å². The zero-order chi connectivity index (χ0) is 22.5. The van der Waals surface area contributed by atoms with Crippen molar-refractivity contribution in [3.05, 3.63) is 51.3 Å². The van der Waals surface area contributed by atoms with Crippen LogP contribution in [0.2, 0.25) is 0 Å². The number of halogens is 1. The number of likely N-dealkylation sites (N-methyl/N-ethyl adjacent to an activating group) is 1. The molecule has 1 fully saturated rings. The van der Waals surface area contributed by atoms with Crippen molar-refractivity contribution in [3.8, 4) is 11.5 Å². The summed E-state index contributed by atoms with van der Waals surface area (Å²) in [6.45, 7) is 7.41. The zero-order valence-electron chi connectivity index (χ0n) is 19.7. The molecule has 7 heteroatoms. The summed E-state index contributed by atoms with van der Waals surface area (Å²) in [6.07, 6.45) is 2.57. The molecule has 2 bridgehead atoms. The van der Waals surface area contributed by atoms with Crippen molar-refractivity contribution in [1.82, 2.24) is 9.88 Å². The lowest BCUT2D eigenvalue weighted by Gasteiger charge is -2.54. The van der Waals surface area contributed by atoms with E-state index in [1.807, 2.05) is 13.0 Å². The largest absolute Gasteiger partial charge is 0.493 e. The van der Waals surface area contributed by atoms with E-state index in [0.29, 0.717) is 12.0 Å². The van der Waals surface area contributed by atoms with Crippen LogP contribution in [0.5, 0.6) is 11.5 Å². The Morgan fingerprint density at radius 3 is 2.82 bits per heavy atom. The van der Waals surface area contributed by atoms with Crippen LogP contribution >= 0.6 is 12.4 Å². The van der Waals surface area contributed by atoms with E-state index in [1.54, 1.807) is 7.11 Å². The van der Waals surface area contributed by atoms with Crippen LogP contribution in [0, 0.1) is 12.8 Å². The second kappa shape index (κ2) is 7.28. The predicted octanol–water partition coefficient (Wildman–Crippen LogP) is 4.90. The lowest BCUT2D eigenvalue weighted by atomic mass is 9.54. The van der Waals surface area contributed by atoms with Gasteiger partial charge >= 0.3 is 5.97 Å². The predicted molar refractivity (Wildman–Crippen MR) is 129 cm³/mol. The number of carboxylic acids is 1. The molecule has 0 saturated carbocycles. The van der Waals surface area contributed by atoms with Crippen molar-refractivity contribution in [2.45, 2.75) is 57.6 Å². The normalized spacial score (nSPS) is 26.5. The molecule has 2 aliphatic heterocycles. The quantitative estimate of drug-likeness (QED) is 0.665. The van der Waals surface area contributed by atoms with E-state index in [0.717, 1.165) is 54.1 Å². The number of hydrogen-bond donors (Lipinski definition) is 2. The van der Waals surface area contributed by atoms with Gasteiger partial charge in [0.15, 0.2) is 17.6 Å². The maximum absolute atomic E-state index is 12.1. The lowest BCUT2D eigenvalue weighted by molar-refractivity contribution is 0.0688. The first-order valence-corrected chi connectivity index (χ1v) is 11.6. The van der Waals surface area contributed by atoms with Crippen LogP contribution in [-0.2, 0) is 11.8 Å². The van der Waals surface area contributed by atoms with Crippen LogP contribution in [0.15, 0.2) is 17.7 Å². The fraction of sp³-hybridized carbons (Fsp3) is 0.500. The van der Waals surface area contributed by atoms with Crippen LogP contribution in [0.1, 0.15) is 71.2 Å². The number of benzene rings is 1. The van der Waals surface area contributed by atoms with Crippen molar-refractivity contribution in [2.75, 3.05) is 20.7 Å². The summed E-state index contributed by atoms with van der Waals surface area (Å²) in [5.74, 6) is 1.15. The fourth-order valence-electron chi connectivity index (χ4n) is 7.00. The summed E-state index contributed by atoms with van der Waals surface area (Å²) in [5, 5.41) is 9.92. The molecular weight excluding hydrogens is 440 g/mol. The Balaban J connectivity index is 0.00000228. The average Bonchev–Trinajstić information content (AvgIpc) is 3.26. The lowest BCUT2D eigenvalue weighted by Crippen LogP contribution is -2.56. The highest BCUT2D eigenvalue weighted by Crippen LogP contribution is 2.68. The van der Waals surface area contributed by atoms with Gasteiger partial charge in [0.25, 0.3) is 0 Å². The van der Waals surface area contributed by atoms with Gasteiger partial charge < -0.3 is 19.6 Å². The summed E-state index contributed by atoms with van der Waals surface area (Å²) in [5.41, 5.74) is 8.22. The van der Waals surface area contributed by atoms with Gasteiger partial charge in [-0.05, 0) is 74.0 Å². The molecule has 1 aromatic heterocycles. The number of rotatable bonds is 4. The third-order valence-corrected chi connectivity index (χ3v) is 8.17. The Labute approximate surface area is 200 Å². The van der Waals surface area contributed by atoms with E-state index in [-0.39, 0.29) is 29.6 Å². The fourth-order valence-corrected chi connectivity index (χ4v) is 7.00. The summed E-state index contributed by atoms with van der Waals surface area (Å²) in [6, 6.07) is 4.52. The van der Waals surface area contributed by atoms with E-state index in [2.05, 4.69) is 36.8 Å². The molecule has 4 aliphatic rings. The van der Waals surface area contributed by atoms with Gasteiger partial charge in [-0.3, -0.25) is 4.90 Å². The Morgan fingerprint density at radius 1 is 1.39 bits per heavy atom. The third-order valence-electron chi connectivity index (χ3n) is 8.17. The molecule has 0 unspecified atom stereocenters. The number of methoxy groups -OCH3 is 1. The molecule has 0 amide bonds. The summed E-state index contributed by atoms with van der Waals surface area (Å²) >= 11 is 0. The van der Waals surface area contributed by atoms with Gasteiger partial charge in [0.1, 0.15) is 5.69 Å². The Morgan fingerprint density at radius 2 is 2.15 bits per heavy atom. The maximum atomic E-state index is 12.1. The van der Waals surface area contributed by atoms with Crippen LogP contribution in [0.25, 0.3) is 5.57 Å². The number of ether oxygens (including phenoxy) is 2. The smallest absolute Gasteiger partial charge is 0.352 e. The number of aromatic amines is 1. The molecule has 6 nitrogen and oxygen atoms in total. The molecule has 1 aromatic carbocycles. The molecule has 1 spiro atoms. The molecule has 1 saturated heterocycles. The van der Waals surface area contributed by atoms with Gasteiger partial charge in [-0.15, -0.1) is 12.4 Å². The number of aromatic carboxylic acids is 1.